The number of thiophene rings is 1. The number of piperidine rings is 1. The smallest absolute Gasteiger partial charge is 0.225 e. The number of rotatable bonds is 7. The molecule has 31 heavy (non-hydrogen) atoms. The third-order valence-corrected chi connectivity index (χ3v) is 7.42. The fraction of sp³-hybridized carbons (Fsp3) is 0.542. The number of carbonyl (C=O) groups is 1. The number of nitrogens with zero attached hydrogens (tertiary/aromatic N) is 2. The number of benzene rings is 1. The van der Waals surface area contributed by atoms with Crippen LogP contribution in [0, 0.1) is 6.92 Å². The van der Waals surface area contributed by atoms with Gasteiger partial charge in [0.2, 0.25) is 5.91 Å². The van der Waals surface area contributed by atoms with Crippen LogP contribution in [0.3, 0.4) is 0 Å². The molecule has 1 atom stereocenters. The topological polar surface area (TPSA) is 42.0 Å². The lowest BCUT2D eigenvalue weighted by molar-refractivity contribution is -0.157. The quantitative estimate of drug-likeness (QED) is 0.594. The van der Waals surface area contributed by atoms with Crippen molar-refractivity contribution in [2.24, 2.45) is 0 Å². The number of halogens is 1. The molecule has 1 amide bonds. The van der Waals surface area contributed by atoms with Crippen LogP contribution in [0.15, 0.2) is 35.7 Å². The molecule has 2 aliphatic rings. The summed E-state index contributed by atoms with van der Waals surface area (Å²) < 4.78 is 12.4. The molecule has 1 aromatic heterocycles. The zero-order valence-corrected chi connectivity index (χ0v) is 19.7. The molecular weight excluding hydrogens is 432 g/mol. The van der Waals surface area contributed by atoms with Crippen LogP contribution in [-0.2, 0) is 16.1 Å². The van der Waals surface area contributed by atoms with E-state index in [-0.39, 0.29) is 5.91 Å². The lowest BCUT2D eigenvalue weighted by Crippen LogP contribution is -2.57. The number of likely N-dealkylation sites (tertiary alicyclic amines) is 1. The molecule has 4 rings (SSSR count). The lowest BCUT2D eigenvalue weighted by atomic mass is 9.96. The molecule has 0 bridgehead atoms. The van der Waals surface area contributed by atoms with Gasteiger partial charge in [-0.05, 0) is 67.5 Å². The van der Waals surface area contributed by atoms with Crippen molar-refractivity contribution in [2.45, 2.75) is 44.8 Å². The Labute approximate surface area is 193 Å². The summed E-state index contributed by atoms with van der Waals surface area (Å²) in [6.45, 7) is 7.22. The molecule has 168 valence electrons. The van der Waals surface area contributed by atoms with Gasteiger partial charge < -0.3 is 14.4 Å². The average molecular weight is 463 g/mol. The third-order valence-electron chi connectivity index (χ3n) is 6.16. The van der Waals surface area contributed by atoms with Crippen molar-refractivity contribution in [2.75, 3.05) is 39.4 Å². The number of morpholine rings is 1. The highest BCUT2D eigenvalue weighted by Gasteiger charge is 2.41. The van der Waals surface area contributed by atoms with E-state index >= 15 is 0 Å². The van der Waals surface area contributed by atoms with Gasteiger partial charge in [-0.1, -0.05) is 11.6 Å². The molecule has 2 aliphatic heterocycles. The number of ether oxygens (including phenoxy) is 2. The fourth-order valence-corrected chi connectivity index (χ4v) is 5.42. The van der Waals surface area contributed by atoms with Gasteiger partial charge in [-0.15, -0.1) is 11.3 Å². The minimum atomic E-state index is -0.655. The second-order valence-electron chi connectivity index (χ2n) is 8.63. The van der Waals surface area contributed by atoms with E-state index in [4.69, 9.17) is 21.1 Å². The minimum Gasteiger partial charge on any atom is -0.491 e. The molecule has 1 aromatic carbocycles. The number of aryl methyl sites for hydroxylation is 1. The molecule has 3 heterocycles. The van der Waals surface area contributed by atoms with Gasteiger partial charge in [0.05, 0.1) is 13.0 Å². The predicted octanol–water partition coefficient (Wildman–Crippen LogP) is 4.76. The molecule has 5 nitrogen and oxygen atoms in total. The Balaban J connectivity index is 1.48. The highest BCUT2D eigenvalue weighted by molar-refractivity contribution is 7.10. The molecule has 7 heteroatoms. The first-order valence-electron chi connectivity index (χ1n) is 11.1. The summed E-state index contributed by atoms with van der Waals surface area (Å²) >= 11 is 7.80. The van der Waals surface area contributed by atoms with Crippen LogP contribution in [-0.4, -0.2) is 60.7 Å². The van der Waals surface area contributed by atoms with Crippen molar-refractivity contribution in [3.8, 4) is 5.75 Å². The maximum absolute atomic E-state index is 13.2. The van der Waals surface area contributed by atoms with E-state index < -0.39 is 5.60 Å². The summed E-state index contributed by atoms with van der Waals surface area (Å²) in [5, 5.41) is 2.82. The molecule has 0 saturated carbocycles. The first-order valence-corrected chi connectivity index (χ1v) is 12.3. The average Bonchev–Trinajstić information content (AvgIpc) is 3.18. The largest absolute Gasteiger partial charge is 0.491 e. The highest BCUT2D eigenvalue weighted by atomic mass is 35.5. The SMILES string of the molecule is Cc1ccsc1CN1CCO[C@@](COc2ccc(Cl)cc2)(CC(=O)N2CCCCC2)C1. The van der Waals surface area contributed by atoms with Crippen LogP contribution >= 0.6 is 22.9 Å². The van der Waals surface area contributed by atoms with Crippen LogP contribution in [0.25, 0.3) is 0 Å². The standard InChI is InChI=1S/C24H31ClN2O3S/c1-19-9-14-31-22(19)16-26-12-13-30-24(17-26,15-23(28)27-10-3-2-4-11-27)18-29-21-7-5-20(25)6-8-21/h5-9,14H,2-4,10-13,15-18H2,1H3/t24-/m0/s1. The second-order valence-corrected chi connectivity index (χ2v) is 10.1. The van der Waals surface area contributed by atoms with Gasteiger partial charge in [0, 0.05) is 42.6 Å². The van der Waals surface area contributed by atoms with Gasteiger partial charge in [-0.25, -0.2) is 0 Å². The van der Waals surface area contributed by atoms with Crippen molar-refractivity contribution in [1.29, 1.82) is 0 Å². The molecule has 0 spiro atoms. The van der Waals surface area contributed by atoms with Gasteiger partial charge in [0.15, 0.2) is 0 Å². The summed E-state index contributed by atoms with van der Waals surface area (Å²) in [5.74, 6) is 0.914. The Morgan fingerprint density at radius 2 is 1.94 bits per heavy atom. The van der Waals surface area contributed by atoms with Crippen molar-refractivity contribution >= 4 is 28.8 Å². The Morgan fingerprint density at radius 1 is 1.16 bits per heavy atom. The summed E-state index contributed by atoms with van der Waals surface area (Å²) in [6, 6.07) is 9.51. The molecule has 2 saturated heterocycles. The van der Waals surface area contributed by atoms with E-state index in [0.717, 1.165) is 44.8 Å². The van der Waals surface area contributed by atoms with E-state index in [1.165, 1.54) is 16.9 Å². The molecule has 0 aliphatic carbocycles. The van der Waals surface area contributed by atoms with Crippen LogP contribution in [0.5, 0.6) is 5.75 Å². The first kappa shape index (κ1) is 22.6. The van der Waals surface area contributed by atoms with Gasteiger partial charge in [0.1, 0.15) is 18.0 Å². The number of amides is 1. The number of hydrogen-bond donors (Lipinski definition) is 0. The zero-order valence-electron chi connectivity index (χ0n) is 18.1. The summed E-state index contributed by atoms with van der Waals surface area (Å²) in [5.41, 5.74) is 0.668. The monoisotopic (exact) mass is 462 g/mol. The Bertz CT molecular complexity index is 866. The van der Waals surface area contributed by atoms with E-state index in [9.17, 15) is 4.79 Å². The molecule has 2 aromatic rings. The van der Waals surface area contributed by atoms with Crippen LogP contribution in [0.2, 0.25) is 5.02 Å². The van der Waals surface area contributed by atoms with Crippen LogP contribution in [0.4, 0.5) is 0 Å². The lowest BCUT2D eigenvalue weighted by Gasteiger charge is -2.43. The van der Waals surface area contributed by atoms with Gasteiger partial charge in [-0.2, -0.15) is 0 Å². The normalized spacial score (nSPS) is 22.5. The summed E-state index contributed by atoms with van der Waals surface area (Å²) in [6.07, 6.45) is 3.73. The fourth-order valence-electron chi connectivity index (χ4n) is 4.35. The van der Waals surface area contributed by atoms with Crippen molar-refractivity contribution in [3.05, 3.63) is 51.2 Å². The van der Waals surface area contributed by atoms with Gasteiger partial charge >= 0.3 is 0 Å². The molecule has 0 radical (unpaired) electrons. The minimum absolute atomic E-state index is 0.175. The Morgan fingerprint density at radius 3 is 2.65 bits per heavy atom. The Hall–Kier alpha value is -1.60. The molecular formula is C24H31ClN2O3S. The van der Waals surface area contributed by atoms with Crippen LogP contribution in [0.1, 0.15) is 36.1 Å². The predicted molar refractivity (Wildman–Crippen MR) is 125 cm³/mol. The van der Waals surface area contributed by atoms with Crippen LogP contribution < -0.4 is 4.74 Å². The summed E-state index contributed by atoms with van der Waals surface area (Å²) in [7, 11) is 0. The van der Waals surface area contributed by atoms with Crippen molar-refractivity contribution < 1.29 is 14.3 Å². The van der Waals surface area contributed by atoms with Crippen molar-refractivity contribution in [1.82, 2.24) is 9.80 Å². The number of hydrogen-bond acceptors (Lipinski definition) is 5. The summed E-state index contributed by atoms with van der Waals surface area (Å²) in [4.78, 5) is 18.9. The molecule has 2 fully saturated rings. The van der Waals surface area contributed by atoms with Gasteiger partial charge in [0.25, 0.3) is 0 Å². The number of carbonyl (C=O) groups excluding carboxylic acids is 1. The van der Waals surface area contributed by atoms with E-state index in [0.29, 0.717) is 31.2 Å². The van der Waals surface area contributed by atoms with E-state index in [2.05, 4.69) is 23.3 Å². The maximum atomic E-state index is 13.2. The van der Waals surface area contributed by atoms with Crippen molar-refractivity contribution in [3.63, 3.8) is 0 Å². The first-order chi connectivity index (χ1) is 15.0. The second kappa shape index (κ2) is 10.3. The molecule has 0 N–H and O–H groups in total. The van der Waals surface area contributed by atoms with E-state index in [1.54, 1.807) is 11.3 Å². The molecule has 0 unspecified atom stereocenters. The van der Waals surface area contributed by atoms with Gasteiger partial charge in [-0.3, -0.25) is 9.69 Å². The zero-order chi connectivity index (χ0) is 21.7. The van der Waals surface area contributed by atoms with E-state index in [1.807, 2.05) is 29.2 Å². The Kier molecular flexibility index (Phi) is 7.54. The maximum Gasteiger partial charge on any atom is 0.225 e. The third kappa shape index (κ3) is 6.01. The highest BCUT2D eigenvalue weighted by Crippen LogP contribution is 2.28.